The zero-order chi connectivity index (χ0) is 18.9. The lowest BCUT2D eigenvalue weighted by Crippen LogP contribution is -2.47. The SMILES string of the molecule is CC(=O)N(Cc1ccsc1)[C@H]1CC12CCN(C(=O)NC[C@H]1CCOC1)CC2. The number of thiophene rings is 1. The van der Waals surface area contributed by atoms with Crippen LogP contribution in [-0.2, 0) is 16.1 Å². The van der Waals surface area contributed by atoms with E-state index in [0.29, 0.717) is 25.0 Å². The van der Waals surface area contributed by atoms with Crippen molar-refractivity contribution in [1.82, 2.24) is 15.1 Å². The van der Waals surface area contributed by atoms with Crippen LogP contribution in [0, 0.1) is 11.3 Å². The molecule has 1 aromatic heterocycles. The summed E-state index contributed by atoms with van der Waals surface area (Å²) >= 11 is 1.67. The van der Waals surface area contributed by atoms with Gasteiger partial charge in [-0.05, 0) is 53.5 Å². The standard InChI is InChI=1S/C20H29N3O3S/c1-15(24)23(12-17-3-9-27-14-17)18-10-20(18)4-6-22(7-5-20)19(25)21-11-16-2-8-26-13-16/h3,9,14,16,18H,2,4-8,10-13H2,1H3,(H,21,25)/t16-,18+/m1/s1. The van der Waals surface area contributed by atoms with Gasteiger partial charge in [0.05, 0.1) is 6.61 Å². The molecule has 2 atom stereocenters. The second-order valence-corrected chi connectivity index (χ2v) is 9.04. The summed E-state index contributed by atoms with van der Waals surface area (Å²) in [6.07, 6.45) is 4.09. The van der Waals surface area contributed by atoms with Crippen molar-refractivity contribution in [2.24, 2.45) is 11.3 Å². The molecule has 1 aromatic rings. The molecule has 2 saturated heterocycles. The maximum Gasteiger partial charge on any atom is 0.317 e. The fraction of sp³-hybridized carbons (Fsp3) is 0.700. The average Bonchev–Trinajstić information content (AvgIpc) is 3.08. The van der Waals surface area contributed by atoms with Crippen LogP contribution in [0.15, 0.2) is 16.8 Å². The average molecular weight is 392 g/mol. The molecule has 2 aliphatic heterocycles. The minimum Gasteiger partial charge on any atom is -0.381 e. The minimum absolute atomic E-state index is 0.0515. The first kappa shape index (κ1) is 18.7. The number of hydrogen-bond donors (Lipinski definition) is 1. The van der Waals surface area contributed by atoms with Gasteiger partial charge in [-0.1, -0.05) is 0 Å². The Labute approximate surface area is 164 Å². The molecule has 1 saturated carbocycles. The van der Waals surface area contributed by atoms with Gasteiger partial charge in [-0.25, -0.2) is 4.79 Å². The molecule has 1 N–H and O–H groups in total. The smallest absolute Gasteiger partial charge is 0.317 e. The van der Waals surface area contributed by atoms with Crippen LogP contribution in [0.3, 0.4) is 0 Å². The summed E-state index contributed by atoms with van der Waals surface area (Å²) in [5, 5.41) is 7.25. The maximum atomic E-state index is 12.4. The third kappa shape index (κ3) is 4.14. The van der Waals surface area contributed by atoms with Gasteiger partial charge in [0, 0.05) is 51.7 Å². The molecule has 3 aliphatic rings. The minimum atomic E-state index is 0.0515. The first-order chi connectivity index (χ1) is 13.1. The molecular weight excluding hydrogens is 362 g/mol. The Morgan fingerprint density at radius 3 is 2.85 bits per heavy atom. The van der Waals surface area contributed by atoms with E-state index in [9.17, 15) is 9.59 Å². The van der Waals surface area contributed by atoms with E-state index in [1.807, 2.05) is 9.80 Å². The Kier molecular flexibility index (Phi) is 5.41. The molecule has 1 aliphatic carbocycles. The Hall–Kier alpha value is -1.60. The van der Waals surface area contributed by atoms with Crippen LogP contribution in [0.4, 0.5) is 4.79 Å². The number of likely N-dealkylation sites (tertiary alicyclic amines) is 1. The van der Waals surface area contributed by atoms with Gasteiger partial charge in [0.2, 0.25) is 5.91 Å². The van der Waals surface area contributed by atoms with Crippen LogP contribution >= 0.6 is 11.3 Å². The topological polar surface area (TPSA) is 61.9 Å². The van der Waals surface area contributed by atoms with E-state index >= 15 is 0 Å². The monoisotopic (exact) mass is 391 g/mol. The van der Waals surface area contributed by atoms with Crippen LogP contribution in [0.2, 0.25) is 0 Å². The lowest BCUT2D eigenvalue weighted by molar-refractivity contribution is -0.130. The molecule has 4 rings (SSSR count). The number of rotatable bonds is 5. The summed E-state index contributed by atoms with van der Waals surface area (Å²) < 4.78 is 5.36. The number of hydrogen-bond acceptors (Lipinski definition) is 4. The van der Waals surface area contributed by atoms with Gasteiger partial charge in [-0.15, -0.1) is 0 Å². The predicted molar refractivity (Wildman–Crippen MR) is 105 cm³/mol. The third-order valence-electron chi connectivity index (χ3n) is 6.47. The molecular formula is C20H29N3O3S. The number of carbonyl (C=O) groups is 2. The second kappa shape index (κ2) is 7.80. The zero-order valence-corrected chi connectivity index (χ0v) is 16.8. The van der Waals surface area contributed by atoms with Crippen molar-refractivity contribution in [3.8, 4) is 0 Å². The Balaban J connectivity index is 1.27. The number of urea groups is 1. The highest BCUT2D eigenvalue weighted by atomic mass is 32.1. The van der Waals surface area contributed by atoms with Gasteiger partial charge in [0.25, 0.3) is 0 Å². The summed E-state index contributed by atoms with van der Waals surface area (Å²) in [6.45, 7) is 6.23. The van der Waals surface area contributed by atoms with E-state index in [2.05, 4.69) is 22.1 Å². The Bertz CT molecular complexity index is 664. The molecule has 0 unspecified atom stereocenters. The summed E-state index contributed by atoms with van der Waals surface area (Å²) in [7, 11) is 0. The highest BCUT2D eigenvalue weighted by Gasteiger charge is 2.58. The van der Waals surface area contributed by atoms with Crippen LogP contribution in [0.5, 0.6) is 0 Å². The lowest BCUT2D eigenvalue weighted by atomic mass is 9.92. The molecule has 3 fully saturated rings. The van der Waals surface area contributed by atoms with E-state index in [1.54, 1.807) is 18.3 Å². The number of piperidine rings is 1. The van der Waals surface area contributed by atoms with Gasteiger partial charge in [0.15, 0.2) is 0 Å². The van der Waals surface area contributed by atoms with Crippen molar-refractivity contribution >= 4 is 23.3 Å². The van der Waals surface area contributed by atoms with Gasteiger partial charge in [-0.2, -0.15) is 11.3 Å². The molecule has 0 aromatic carbocycles. The highest BCUT2D eigenvalue weighted by molar-refractivity contribution is 7.07. The Morgan fingerprint density at radius 2 is 2.22 bits per heavy atom. The van der Waals surface area contributed by atoms with Crippen molar-refractivity contribution in [3.05, 3.63) is 22.4 Å². The van der Waals surface area contributed by atoms with Crippen molar-refractivity contribution in [2.45, 2.75) is 45.2 Å². The van der Waals surface area contributed by atoms with E-state index < -0.39 is 0 Å². The number of carbonyl (C=O) groups excluding carboxylic acids is 2. The molecule has 27 heavy (non-hydrogen) atoms. The normalized spacial score (nSPS) is 26.2. The van der Waals surface area contributed by atoms with E-state index in [-0.39, 0.29) is 17.4 Å². The number of nitrogens with one attached hydrogen (secondary N) is 1. The first-order valence-corrected chi connectivity index (χ1v) is 10.9. The lowest BCUT2D eigenvalue weighted by Gasteiger charge is -2.35. The number of ether oxygens (including phenoxy) is 1. The van der Waals surface area contributed by atoms with Crippen LogP contribution in [0.25, 0.3) is 0 Å². The third-order valence-corrected chi connectivity index (χ3v) is 7.20. The summed E-state index contributed by atoms with van der Waals surface area (Å²) in [5.74, 6) is 0.612. The van der Waals surface area contributed by atoms with Crippen molar-refractivity contribution in [1.29, 1.82) is 0 Å². The fourth-order valence-electron chi connectivity index (χ4n) is 4.57. The molecule has 1 spiro atoms. The fourth-order valence-corrected chi connectivity index (χ4v) is 5.23. The molecule has 6 nitrogen and oxygen atoms in total. The first-order valence-electron chi connectivity index (χ1n) is 9.96. The molecule has 0 bridgehead atoms. The van der Waals surface area contributed by atoms with Crippen molar-refractivity contribution < 1.29 is 14.3 Å². The molecule has 7 heteroatoms. The Morgan fingerprint density at radius 1 is 1.41 bits per heavy atom. The molecule has 0 radical (unpaired) electrons. The van der Waals surface area contributed by atoms with Gasteiger partial charge < -0.3 is 19.9 Å². The van der Waals surface area contributed by atoms with Crippen molar-refractivity contribution in [3.63, 3.8) is 0 Å². The van der Waals surface area contributed by atoms with Crippen molar-refractivity contribution in [2.75, 3.05) is 32.8 Å². The number of amides is 3. The van der Waals surface area contributed by atoms with E-state index in [1.165, 1.54) is 5.56 Å². The summed E-state index contributed by atoms with van der Waals surface area (Å²) in [6, 6.07) is 2.48. The largest absolute Gasteiger partial charge is 0.381 e. The summed E-state index contributed by atoms with van der Waals surface area (Å²) in [4.78, 5) is 28.6. The van der Waals surface area contributed by atoms with Crippen LogP contribution in [-0.4, -0.2) is 60.6 Å². The molecule has 3 heterocycles. The van der Waals surface area contributed by atoms with Gasteiger partial charge >= 0.3 is 6.03 Å². The summed E-state index contributed by atoms with van der Waals surface area (Å²) in [5.41, 5.74) is 1.43. The van der Waals surface area contributed by atoms with E-state index in [0.717, 1.165) is 52.0 Å². The second-order valence-electron chi connectivity index (χ2n) is 8.26. The number of nitrogens with zero attached hydrogens (tertiary/aromatic N) is 2. The zero-order valence-electron chi connectivity index (χ0n) is 16.0. The highest BCUT2D eigenvalue weighted by Crippen LogP contribution is 2.57. The van der Waals surface area contributed by atoms with E-state index in [4.69, 9.17) is 4.74 Å². The van der Waals surface area contributed by atoms with Crippen LogP contribution < -0.4 is 5.32 Å². The molecule has 3 amide bonds. The predicted octanol–water partition coefficient (Wildman–Crippen LogP) is 2.70. The maximum absolute atomic E-state index is 12.4. The quantitative estimate of drug-likeness (QED) is 0.839. The molecule has 148 valence electrons. The van der Waals surface area contributed by atoms with Gasteiger partial charge in [0.1, 0.15) is 0 Å². The van der Waals surface area contributed by atoms with Crippen LogP contribution in [0.1, 0.15) is 38.2 Å². The van der Waals surface area contributed by atoms with Gasteiger partial charge in [-0.3, -0.25) is 4.79 Å².